The summed E-state index contributed by atoms with van der Waals surface area (Å²) in [6, 6.07) is 6.13. The van der Waals surface area contributed by atoms with Gasteiger partial charge >= 0.3 is 0 Å². The maximum absolute atomic E-state index is 5.84. The van der Waals surface area contributed by atoms with Gasteiger partial charge in [-0.15, -0.1) is 0 Å². The Hall–Kier alpha value is -1.88. The lowest BCUT2D eigenvalue weighted by atomic mass is 10.1. The third kappa shape index (κ3) is 3.54. The van der Waals surface area contributed by atoms with Crippen LogP contribution in [-0.2, 0) is 13.2 Å². The summed E-state index contributed by atoms with van der Waals surface area (Å²) < 4.78 is 10.8. The van der Waals surface area contributed by atoms with Gasteiger partial charge < -0.3 is 14.6 Å². The normalized spacial score (nSPS) is 10.7. The first-order chi connectivity index (χ1) is 9.20. The van der Waals surface area contributed by atoms with Crippen molar-refractivity contribution in [3.63, 3.8) is 0 Å². The van der Waals surface area contributed by atoms with Crippen LogP contribution in [0.2, 0.25) is 0 Å². The molecule has 1 N–H and O–H groups in total. The van der Waals surface area contributed by atoms with Crippen LogP contribution < -0.4 is 10.1 Å². The molecule has 1 heterocycles. The summed E-state index contributed by atoms with van der Waals surface area (Å²) in [4.78, 5) is 4.13. The van der Waals surface area contributed by atoms with Gasteiger partial charge in [0.05, 0.1) is 0 Å². The van der Waals surface area contributed by atoms with Crippen molar-refractivity contribution in [1.82, 2.24) is 15.5 Å². The van der Waals surface area contributed by atoms with Crippen LogP contribution in [0.1, 0.15) is 29.8 Å². The Morgan fingerprint density at radius 2 is 2.16 bits per heavy atom. The predicted molar refractivity (Wildman–Crippen MR) is 71.9 cm³/mol. The van der Waals surface area contributed by atoms with Crippen molar-refractivity contribution in [2.24, 2.45) is 0 Å². The lowest BCUT2D eigenvalue weighted by Gasteiger charge is -2.13. The third-order valence-corrected chi connectivity index (χ3v) is 2.77. The first-order valence-corrected chi connectivity index (χ1v) is 6.42. The second-order valence-electron chi connectivity index (χ2n) is 4.36. The highest BCUT2D eigenvalue weighted by atomic mass is 16.5. The van der Waals surface area contributed by atoms with Gasteiger partial charge in [-0.25, -0.2) is 0 Å². The van der Waals surface area contributed by atoms with Crippen LogP contribution in [0, 0.1) is 13.8 Å². The molecular formula is C14H19N3O2. The molecule has 19 heavy (non-hydrogen) atoms. The SMILES string of the molecule is CCNCc1cccc(C)c1OCc1noc(C)n1. The minimum Gasteiger partial charge on any atom is -0.485 e. The van der Waals surface area contributed by atoms with Crippen molar-refractivity contribution in [1.29, 1.82) is 0 Å². The van der Waals surface area contributed by atoms with Gasteiger partial charge in [-0.05, 0) is 19.0 Å². The van der Waals surface area contributed by atoms with E-state index in [1.165, 1.54) is 0 Å². The lowest BCUT2D eigenvalue weighted by molar-refractivity contribution is 0.280. The fourth-order valence-corrected chi connectivity index (χ4v) is 1.86. The van der Waals surface area contributed by atoms with Gasteiger partial charge in [-0.2, -0.15) is 4.98 Å². The Labute approximate surface area is 113 Å². The Bertz CT molecular complexity index is 537. The molecule has 5 nitrogen and oxygen atoms in total. The third-order valence-electron chi connectivity index (χ3n) is 2.77. The molecule has 0 bridgehead atoms. The van der Waals surface area contributed by atoms with Gasteiger partial charge in [0.15, 0.2) is 6.61 Å². The number of rotatable bonds is 6. The molecule has 0 saturated heterocycles. The highest BCUT2D eigenvalue weighted by Gasteiger charge is 2.09. The smallest absolute Gasteiger partial charge is 0.223 e. The molecular weight excluding hydrogens is 242 g/mol. The van der Waals surface area contributed by atoms with Crippen molar-refractivity contribution in [3.8, 4) is 5.75 Å². The van der Waals surface area contributed by atoms with Crippen LogP contribution in [0.25, 0.3) is 0 Å². The van der Waals surface area contributed by atoms with E-state index >= 15 is 0 Å². The van der Waals surface area contributed by atoms with Crippen LogP contribution in [0.5, 0.6) is 5.75 Å². The topological polar surface area (TPSA) is 60.2 Å². The van der Waals surface area contributed by atoms with Crippen LogP contribution in [0.3, 0.4) is 0 Å². The number of ether oxygens (including phenoxy) is 1. The van der Waals surface area contributed by atoms with Crippen LogP contribution in [-0.4, -0.2) is 16.7 Å². The largest absolute Gasteiger partial charge is 0.485 e. The van der Waals surface area contributed by atoms with Crippen LogP contribution in [0.4, 0.5) is 0 Å². The van der Waals surface area contributed by atoms with E-state index in [1.807, 2.05) is 19.1 Å². The van der Waals surface area contributed by atoms with Crippen molar-refractivity contribution in [2.75, 3.05) is 6.54 Å². The average molecular weight is 261 g/mol. The molecule has 0 saturated carbocycles. The highest BCUT2D eigenvalue weighted by Crippen LogP contribution is 2.24. The zero-order chi connectivity index (χ0) is 13.7. The number of benzene rings is 1. The van der Waals surface area contributed by atoms with Crippen LogP contribution in [0.15, 0.2) is 22.7 Å². The molecule has 0 aliphatic rings. The second kappa shape index (κ2) is 6.33. The van der Waals surface area contributed by atoms with Crippen LogP contribution >= 0.6 is 0 Å². The Morgan fingerprint density at radius 3 is 2.84 bits per heavy atom. The van der Waals surface area contributed by atoms with Gasteiger partial charge in [-0.3, -0.25) is 0 Å². The molecule has 0 atom stereocenters. The van der Waals surface area contributed by atoms with Crippen molar-refractivity contribution in [2.45, 2.75) is 33.9 Å². The van der Waals surface area contributed by atoms with E-state index < -0.39 is 0 Å². The van der Waals surface area contributed by atoms with Crippen molar-refractivity contribution in [3.05, 3.63) is 41.0 Å². The molecule has 0 fully saturated rings. The minimum absolute atomic E-state index is 0.321. The number of nitrogens with one attached hydrogen (secondary N) is 1. The molecule has 2 aromatic rings. The summed E-state index contributed by atoms with van der Waals surface area (Å²) in [5, 5.41) is 7.13. The Morgan fingerprint density at radius 1 is 1.32 bits per heavy atom. The fourth-order valence-electron chi connectivity index (χ4n) is 1.86. The number of para-hydroxylation sites is 1. The quantitative estimate of drug-likeness (QED) is 0.865. The van der Waals surface area contributed by atoms with Crippen molar-refractivity contribution >= 4 is 0 Å². The maximum Gasteiger partial charge on any atom is 0.223 e. The average Bonchev–Trinajstić information content (AvgIpc) is 2.81. The van der Waals surface area contributed by atoms with Gasteiger partial charge in [-0.1, -0.05) is 30.3 Å². The molecule has 0 spiro atoms. The van der Waals surface area contributed by atoms with E-state index in [9.17, 15) is 0 Å². The molecule has 1 aromatic heterocycles. The highest BCUT2D eigenvalue weighted by molar-refractivity contribution is 5.40. The molecule has 0 unspecified atom stereocenters. The van der Waals surface area contributed by atoms with Crippen molar-refractivity contribution < 1.29 is 9.26 Å². The standard InChI is InChI=1S/C14H19N3O2/c1-4-15-8-12-7-5-6-10(2)14(12)18-9-13-16-11(3)19-17-13/h5-7,15H,4,8-9H2,1-3H3. The first kappa shape index (κ1) is 13.5. The number of nitrogens with zero attached hydrogens (tertiary/aromatic N) is 2. The number of hydrogen-bond donors (Lipinski definition) is 1. The molecule has 0 aliphatic carbocycles. The Kier molecular flexibility index (Phi) is 4.52. The van der Waals surface area contributed by atoms with Gasteiger partial charge in [0.2, 0.25) is 11.7 Å². The van der Waals surface area contributed by atoms with Gasteiger partial charge in [0, 0.05) is 19.0 Å². The zero-order valence-electron chi connectivity index (χ0n) is 11.6. The fraction of sp³-hybridized carbons (Fsp3) is 0.429. The molecule has 102 valence electrons. The summed E-state index contributed by atoms with van der Waals surface area (Å²) in [5.41, 5.74) is 2.25. The van der Waals surface area contributed by atoms with E-state index in [2.05, 4.69) is 28.4 Å². The van der Waals surface area contributed by atoms with E-state index in [0.29, 0.717) is 18.3 Å². The van der Waals surface area contributed by atoms with Gasteiger partial charge in [0.25, 0.3) is 0 Å². The van der Waals surface area contributed by atoms with Gasteiger partial charge in [0.1, 0.15) is 5.75 Å². The molecule has 2 rings (SSSR count). The summed E-state index contributed by atoms with van der Waals surface area (Å²) in [6.45, 7) is 7.92. The summed E-state index contributed by atoms with van der Waals surface area (Å²) in [7, 11) is 0. The monoisotopic (exact) mass is 261 g/mol. The molecule has 0 aliphatic heterocycles. The number of aromatic nitrogens is 2. The second-order valence-corrected chi connectivity index (χ2v) is 4.36. The van der Waals surface area contributed by atoms with E-state index in [1.54, 1.807) is 6.92 Å². The summed E-state index contributed by atoms with van der Waals surface area (Å²) in [6.07, 6.45) is 0. The molecule has 1 aromatic carbocycles. The maximum atomic E-state index is 5.84. The number of hydrogen-bond acceptors (Lipinski definition) is 5. The van der Waals surface area contributed by atoms with E-state index in [0.717, 1.165) is 30.0 Å². The van der Waals surface area contributed by atoms with E-state index in [4.69, 9.17) is 9.26 Å². The zero-order valence-corrected chi connectivity index (χ0v) is 11.6. The molecule has 5 heteroatoms. The lowest BCUT2D eigenvalue weighted by Crippen LogP contribution is -2.13. The number of aryl methyl sites for hydroxylation is 2. The first-order valence-electron chi connectivity index (χ1n) is 6.42. The summed E-state index contributed by atoms with van der Waals surface area (Å²) >= 11 is 0. The predicted octanol–water partition coefficient (Wildman–Crippen LogP) is 2.37. The van der Waals surface area contributed by atoms with E-state index in [-0.39, 0.29) is 0 Å². The minimum atomic E-state index is 0.321. The summed E-state index contributed by atoms with van der Waals surface area (Å²) in [5.74, 6) is 2.01. The molecule has 0 radical (unpaired) electrons. The molecule has 0 amide bonds. The Balaban J connectivity index is 2.09.